The molecule has 0 unspecified atom stereocenters. The molecule has 0 aliphatic carbocycles. The predicted molar refractivity (Wildman–Crippen MR) is 56.2 cm³/mol. The van der Waals surface area contributed by atoms with Crippen LogP contribution in [0.15, 0.2) is 30.5 Å². The molecule has 0 saturated carbocycles. The maximum absolute atomic E-state index is 10.3. The van der Waals surface area contributed by atoms with Crippen LogP contribution in [-0.4, -0.2) is 11.0 Å². The molecule has 1 heterocycles. The first-order chi connectivity index (χ1) is 7.27. The van der Waals surface area contributed by atoms with Gasteiger partial charge in [-0.15, -0.1) is 0 Å². The standard InChI is InChI=1S/C12H13NO2.Li/c14-12(15)7-3-4-9-8-13-11-6-2-1-5-10(9)11;/h1-2,5-6,8,13H,3-4,7H2,(H,14,15);/q;+1/p-1. The van der Waals surface area contributed by atoms with Gasteiger partial charge in [-0.05, 0) is 30.9 Å². The zero-order valence-corrected chi connectivity index (χ0v) is 9.32. The SMILES string of the molecule is O=C([O-])CCCc1c[nH]c2ccccc12.[Li+]. The second-order valence-corrected chi connectivity index (χ2v) is 3.59. The van der Waals surface area contributed by atoms with Gasteiger partial charge in [0.15, 0.2) is 0 Å². The van der Waals surface area contributed by atoms with Crippen molar-refractivity contribution in [3.8, 4) is 0 Å². The van der Waals surface area contributed by atoms with E-state index in [4.69, 9.17) is 0 Å². The first kappa shape index (κ1) is 12.9. The fourth-order valence-corrected chi connectivity index (χ4v) is 1.76. The molecule has 1 N–H and O–H groups in total. The Morgan fingerprint density at radius 3 is 2.81 bits per heavy atom. The number of nitrogens with one attached hydrogen (secondary N) is 1. The molecule has 16 heavy (non-hydrogen) atoms. The molecule has 4 heteroatoms. The van der Waals surface area contributed by atoms with Crippen molar-refractivity contribution in [2.24, 2.45) is 0 Å². The Morgan fingerprint density at radius 2 is 2.06 bits per heavy atom. The summed E-state index contributed by atoms with van der Waals surface area (Å²) in [5.41, 5.74) is 2.27. The topological polar surface area (TPSA) is 55.9 Å². The number of rotatable bonds is 4. The number of para-hydroxylation sites is 1. The molecule has 0 aliphatic heterocycles. The summed E-state index contributed by atoms with van der Waals surface area (Å²) in [6.45, 7) is 0. The van der Waals surface area contributed by atoms with E-state index >= 15 is 0 Å². The molecule has 0 spiro atoms. The van der Waals surface area contributed by atoms with Gasteiger partial charge < -0.3 is 14.9 Å². The molecule has 0 amide bonds. The summed E-state index contributed by atoms with van der Waals surface area (Å²) in [6.07, 6.45) is 3.47. The minimum absolute atomic E-state index is 0. The van der Waals surface area contributed by atoms with Gasteiger partial charge >= 0.3 is 18.9 Å². The Morgan fingerprint density at radius 1 is 1.31 bits per heavy atom. The zero-order chi connectivity index (χ0) is 10.7. The van der Waals surface area contributed by atoms with Crippen LogP contribution in [0.2, 0.25) is 0 Å². The van der Waals surface area contributed by atoms with E-state index in [-0.39, 0.29) is 25.3 Å². The molecule has 3 nitrogen and oxygen atoms in total. The van der Waals surface area contributed by atoms with Crippen LogP contribution in [-0.2, 0) is 11.2 Å². The van der Waals surface area contributed by atoms with Gasteiger partial charge in [-0.3, -0.25) is 0 Å². The minimum Gasteiger partial charge on any atom is -0.550 e. The second kappa shape index (κ2) is 5.79. The zero-order valence-electron chi connectivity index (χ0n) is 9.32. The summed E-state index contributed by atoms with van der Waals surface area (Å²) >= 11 is 0. The number of aliphatic carboxylic acids is 1. The number of carboxylic acid groups (broad SMARTS) is 1. The van der Waals surface area contributed by atoms with E-state index in [2.05, 4.69) is 4.98 Å². The van der Waals surface area contributed by atoms with Crippen molar-refractivity contribution in [1.29, 1.82) is 0 Å². The van der Waals surface area contributed by atoms with E-state index in [0.29, 0.717) is 6.42 Å². The number of carbonyl (C=O) groups excluding carboxylic acids is 1. The van der Waals surface area contributed by atoms with E-state index in [9.17, 15) is 9.90 Å². The summed E-state index contributed by atoms with van der Waals surface area (Å²) in [4.78, 5) is 13.4. The number of aromatic nitrogens is 1. The van der Waals surface area contributed by atoms with Crippen LogP contribution in [0.5, 0.6) is 0 Å². The molecule has 2 rings (SSSR count). The van der Waals surface area contributed by atoms with Crippen molar-refractivity contribution in [1.82, 2.24) is 4.98 Å². The van der Waals surface area contributed by atoms with Gasteiger partial charge in [-0.25, -0.2) is 0 Å². The molecule has 0 radical (unpaired) electrons. The van der Waals surface area contributed by atoms with Gasteiger partial charge in [-0.1, -0.05) is 18.2 Å². The number of carboxylic acids is 1. The van der Waals surface area contributed by atoms with Gasteiger partial charge in [0.05, 0.1) is 0 Å². The number of H-pyrrole nitrogens is 1. The third-order valence-corrected chi connectivity index (χ3v) is 2.50. The number of aryl methyl sites for hydroxylation is 1. The molecule has 0 fully saturated rings. The number of benzene rings is 1. The first-order valence-corrected chi connectivity index (χ1v) is 5.02. The number of hydrogen-bond donors (Lipinski definition) is 1. The monoisotopic (exact) mass is 209 g/mol. The molecule has 0 atom stereocenters. The third kappa shape index (κ3) is 2.91. The van der Waals surface area contributed by atoms with E-state index < -0.39 is 5.97 Å². The van der Waals surface area contributed by atoms with E-state index in [1.807, 2.05) is 30.5 Å². The van der Waals surface area contributed by atoms with Crippen molar-refractivity contribution in [2.75, 3.05) is 0 Å². The number of fused-ring (bicyclic) bond motifs is 1. The third-order valence-electron chi connectivity index (χ3n) is 2.50. The molecular weight excluding hydrogens is 197 g/mol. The fourth-order valence-electron chi connectivity index (χ4n) is 1.76. The van der Waals surface area contributed by atoms with E-state index in [1.54, 1.807) is 0 Å². The first-order valence-electron chi connectivity index (χ1n) is 5.02. The predicted octanol–water partition coefficient (Wildman–Crippen LogP) is -1.76. The summed E-state index contributed by atoms with van der Waals surface area (Å²) in [7, 11) is 0. The summed E-state index contributed by atoms with van der Waals surface area (Å²) < 4.78 is 0. The van der Waals surface area contributed by atoms with Crippen LogP contribution in [0.25, 0.3) is 10.9 Å². The van der Waals surface area contributed by atoms with Crippen molar-refractivity contribution in [3.05, 3.63) is 36.0 Å². The Labute approximate surface area is 106 Å². The van der Waals surface area contributed by atoms with Crippen LogP contribution >= 0.6 is 0 Å². The maximum atomic E-state index is 10.3. The Balaban J connectivity index is 0.00000128. The average molecular weight is 209 g/mol. The average Bonchev–Trinajstić information content (AvgIpc) is 2.62. The van der Waals surface area contributed by atoms with E-state index in [0.717, 1.165) is 11.9 Å². The Kier molecular flexibility index (Phi) is 4.66. The number of carbonyl (C=O) groups is 1. The molecule has 1 aromatic heterocycles. The van der Waals surface area contributed by atoms with Crippen LogP contribution in [0.3, 0.4) is 0 Å². The Hall–Kier alpha value is -1.17. The van der Waals surface area contributed by atoms with Gasteiger partial charge in [0, 0.05) is 23.1 Å². The van der Waals surface area contributed by atoms with Gasteiger partial charge in [-0.2, -0.15) is 0 Å². The second-order valence-electron chi connectivity index (χ2n) is 3.59. The van der Waals surface area contributed by atoms with Crippen LogP contribution in [0.1, 0.15) is 18.4 Å². The summed E-state index contributed by atoms with van der Waals surface area (Å²) in [5, 5.41) is 11.4. The molecule has 0 saturated heterocycles. The van der Waals surface area contributed by atoms with E-state index in [1.165, 1.54) is 10.9 Å². The molecule has 0 bridgehead atoms. The summed E-state index contributed by atoms with van der Waals surface area (Å²) in [5.74, 6) is -0.977. The van der Waals surface area contributed by atoms with Crippen molar-refractivity contribution >= 4 is 16.9 Å². The summed E-state index contributed by atoms with van der Waals surface area (Å²) in [6, 6.07) is 8.01. The van der Waals surface area contributed by atoms with Gasteiger partial charge in [0.25, 0.3) is 0 Å². The van der Waals surface area contributed by atoms with Crippen LogP contribution < -0.4 is 24.0 Å². The van der Waals surface area contributed by atoms with Gasteiger partial charge in [0.1, 0.15) is 0 Å². The minimum atomic E-state index is -0.977. The van der Waals surface area contributed by atoms with Crippen LogP contribution in [0.4, 0.5) is 0 Å². The Bertz CT molecular complexity index is 479. The fraction of sp³-hybridized carbons (Fsp3) is 0.250. The van der Waals surface area contributed by atoms with Crippen molar-refractivity contribution < 1.29 is 28.8 Å². The largest absolute Gasteiger partial charge is 1.00 e. The molecule has 0 aliphatic rings. The molecule has 78 valence electrons. The quantitative estimate of drug-likeness (QED) is 0.607. The van der Waals surface area contributed by atoms with Crippen LogP contribution in [0, 0.1) is 0 Å². The molecule has 2 aromatic rings. The van der Waals surface area contributed by atoms with Gasteiger partial charge in [0.2, 0.25) is 0 Å². The number of hydrogen-bond acceptors (Lipinski definition) is 2. The van der Waals surface area contributed by atoms with Crippen molar-refractivity contribution in [2.45, 2.75) is 19.3 Å². The molecule has 1 aromatic carbocycles. The smallest absolute Gasteiger partial charge is 0.550 e. The number of aromatic amines is 1. The molecular formula is C12H12LiNO2. The normalized spacial score (nSPS) is 10.0. The maximum Gasteiger partial charge on any atom is 1.00 e. The van der Waals surface area contributed by atoms with Crippen molar-refractivity contribution in [3.63, 3.8) is 0 Å².